The van der Waals surface area contributed by atoms with E-state index in [2.05, 4.69) is 68.2 Å². The lowest BCUT2D eigenvalue weighted by molar-refractivity contribution is 1.28. The molecule has 0 amide bonds. The average Bonchev–Trinajstić information content (AvgIpc) is 2.41. The molecule has 3 aromatic rings. The molecule has 1 heteroatoms. The second-order valence-electron chi connectivity index (χ2n) is 5.15. The highest BCUT2D eigenvalue weighted by Crippen LogP contribution is 2.30. The molecular weight excluding hydrogens is 230 g/mol. The van der Waals surface area contributed by atoms with E-state index in [1.165, 1.54) is 33.0 Å². The van der Waals surface area contributed by atoms with Crippen LogP contribution in [0, 0.1) is 20.8 Å². The summed E-state index contributed by atoms with van der Waals surface area (Å²) in [7, 11) is 0. The van der Waals surface area contributed by atoms with E-state index in [4.69, 9.17) is 0 Å². The molecule has 0 aliphatic carbocycles. The van der Waals surface area contributed by atoms with Crippen LogP contribution in [0.2, 0.25) is 0 Å². The molecule has 1 nitrogen and oxygen atoms in total. The smallest absolute Gasteiger partial charge is 0.0783 e. The zero-order valence-electron chi connectivity index (χ0n) is 11.6. The number of hydrogen-bond donors (Lipinski definition) is 0. The lowest BCUT2D eigenvalue weighted by Gasteiger charge is -2.11. The van der Waals surface area contributed by atoms with E-state index in [0.717, 1.165) is 5.69 Å². The highest BCUT2D eigenvalue weighted by molar-refractivity contribution is 5.96. The van der Waals surface area contributed by atoms with Gasteiger partial charge in [-0.15, -0.1) is 0 Å². The van der Waals surface area contributed by atoms with Gasteiger partial charge >= 0.3 is 0 Å². The molecule has 1 aromatic heterocycles. The first-order chi connectivity index (χ1) is 9.16. The van der Waals surface area contributed by atoms with Gasteiger partial charge in [0.05, 0.1) is 5.69 Å². The Labute approximate surface area is 113 Å². The van der Waals surface area contributed by atoms with Gasteiger partial charge in [-0.25, -0.2) is 0 Å². The lowest BCUT2D eigenvalue weighted by Crippen LogP contribution is -1.91. The molecule has 19 heavy (non-hydrogen) atoms. The zero-order valence-corrected chi connectivity index (χ0v) is 11.6. The van der Waals surface area contributed by atoms with Crippen LogP contribution in [0.4, 0.5) is 0 Å². The Morgan fingerprint density at radius 3 is 2.26 bits per heavy atom. The van der Waals surface area contributed by atoms with E-state index in [1.807, 2.05) is 6.20 Å². The third-order valence-corrected chi connectivity index (χ3v) is 3.63. The Bertz CT molecular complexity index is 757. The number of fused-ring (bicyclic) bond motifs is 1. The fourth-order valence-electron chi connectivity index (χ4n) is 2.63. The maximum absolute atomic E-state index is 4.67. The minimum Gasteiger partial charge on any atom is -0.255 e. The maximum Gasteiger partial charge on any atom is 0.0783 e. The van der Waals surface area contributed by atoms with Crippen LogP contribution >= 0.6 is 0 Å². The van der Waals surface area contributed by atoms with E-state index in [1.54, 1.807) is 0 Å². The molecule has 0 unspecified atom stereocenters. The molecule has 0 aliphatic rings. The first-order valence-electron chi connectivity index (χ1n) is 6.59. The van der Waals surface area contributed by atoms with Gasteiger partial charge in [0.25, 0.3) is 0 Å². The molecule has 94 valence electrons. The minimum absolute atomic E-state index is 1.08. The van der Waals surface area contributed by atoms with Crippen LogP contribution in [0.25, 0.3) is 22.0 Å². The first kappa shape index (κ1) is 11.9. The molecule has 0 bridgehead atoms. The Kier molecular flexibility index (Phi) is 2.83. The van der Waals surface area contributed by atoms with Crippen molar-refractivity contribution < 1.29 is 0 Å². The van der Waals surface area contributed by atoms with Crippen molar-refractivity contribution in [2.45, 2.75) is 20.8 Å². The minimum atomic E-state index is 1.08. The summed E-state index contributed by atoms with van der Waals surface area (Å²) in [5, 5.41) is 2.52. The van der Waals surface area contributed by atoms with Crippen molar-refractivity contribution in [1.82, 2.24) is 4.98 Å². The Morgan fingerprint density at radius 1 is 0.789 bits per heavy atom. The number of hydrogen-bond acceptors (Lipinski definition) is 1. The number of aryl methyl sites for hydroxylation is 3. The van der Waals surface area contributed by atoms with Gasteiger partial charge in [0.15, 0.2) is 0 Å². The molecule has 0 fully saturated rings. The van der Waals surface area contributed by atoms with E-state index in [-0.39, 0.29) is 0 Å². The summed E-state index contributed by atoms with van der Waals surface area (Å²) in [5.41, 5.74) is 6.10. The Hall–Kier alpha value is -2.15. The van der Waals surface area contributed by atoms with Crippen LogP contribution in [0.3, 0.4) is 0 Å². The maximum atomic E-state index is 4.67. The molecular formula is C18H17N. The van der Waals surface area contributed by atoms with Gasteiger partial charge < -0.3 is 0 Å². The van der Waals surface area contributed by atoms with Crippen molar-refractivity contribution in [1.29, 1.82) is 0 Å². The van der Waals surface area contributed by atoms with Crippen LogP contribution in [0.5, 0.6) is 0 Å². The van der Waals surface area contributed by atoms with E-state index < -0.39 is 0 Å². The van der Waals surface area contributed by atoms with Gasteiger partial charge in [-0.1, -0.05) is 48.0 Å². The van der Waals surface area contributed by atoms with E-state index in [9.17, 15) is 0 Å². The van der Waals surface area contributed by atoms with Crippen LogP contribution < -0.4 is 0 Å². The van der Waals surface area contributed by atoms with Gasteiger partial charge in [0, 0.05) is 17.1 Å². The van der Waals surface area contributed by atoms with Crippen molar-refractivity contribution in [3.63, 3.8) is 0 Å². The van der Waals surface area contributed by atoms with Gasteiger partial charge in [-0.05, 0) is 37.3 Å². The predicted molar refractivity (Wildman–Crippen MR) is 81.4 cm³/mol. The summed E-state index contributed by atoms with van der Waals surface area (Å²) in [6, 6.07) is 15.0. The number of pyridine rings is 1. The van der Waals surface area contributed by atoms with Crippen LogP contribution in [-0.4, -0.2) is 4.98 Å². The summed E-state index contributed by atoms with van der Waals surface area (Å²) in [6.45, 7) is 6.39. The molecule has 1 heterocycles. The standard InChI is InChI=1S/C18H17N/c1-12-8-9-16(13(2)10-12)18-17-7-5-4-6-15(17)14(3)11-19-18/h4-11H,1-3H3. The second-order valence-corrected chi connectivity index (χ2v) is 5.15. The molecule has 0 saturated heterocycles. The van der Waals surface area contributed by atoms with Gasteiger partial charge in [0.1, 0.15) is 0 Å². The van der Waals surface area contributed by atoms with Crippen molar-refractivity contribution in [2.75, 3.05) is 0 Å². The summed E-state index contributed by atoms with van der Waals surface area (Å²) in [4.78, 5) is 4.67. The summed E-state index contributed by atoms with van der Waals surface area (Å²) in [6.07, 6.45) is 1.97. The third kappa shape index (κ3) is 2.01. The number of aromatic nitrogens is 1. The van der Waals surface area contributed by atoms with E-state index >= 15 is 0 Å². The average molecular weight is 247 g/mol. The van der Waals surface area contributed by atoms with Crippen molar-refractivity contribution in [3.8, 4) is 11.3 Å². The Morgan fingerprint density at radius 2 is 1.53 bits per heavy atom. The van der Waals surface area contributed by atoms with Crippen LogP contribution in [0.15, 0.2) is 48.7 Å². The summed E-state index contributed by atoms with van der Waals surface area (Å²) < 4.78 is 0. The van der Waals surface area contributed by atoms with Gasteiger partial charge in [0.2, 0.25) is 0 Å². The first-order valence-corrected chi connectivity index (χ1v) is 6.59. The molecule has 0 spiro atoms. The molecule has 2 aromatic carbocycles. The molecule has 0 radical (unpaired) electrons. The zero-order chi connectivity index (χ0) is 13.4. The SMILES string of the molecule is Cc1ccc(-c2ncc(C)c3ccccc23)c(C)c1. The van der Waals surface area contributed by atoms with Crippen LogP contribution in [0.1, 0.15) is 16.7 Å². The Balaban J connectivity index is 2.34. The van der Waals surface area contributed by atoms with Crippen molar-refractivity contribution in [3.05, 3.63) is 65.4 Å². The lowest BCUT2D eigenvalue weighted by atomic mass is 9.97. The number of nitrogens with zero attached hydrogens (tertiary/aromatic N) is 1. The van der Waals surface area contributed by atoms with Gasteiger partial charge in [-0.2, -0.15) is 0 Å². The number of benzene rings is 2. The highest BCUT2D eigenvalue weighted by atomic mass is 14.7. The topological polar surface area (TPSA) is 12.9 Å². The molecule has 3 rings (SSSR count). The van der Waals surface area contributed by atoms with Gasteiger partial charge in [-0.3, -0.25) is 4.98 Å². The largest absolute Gasteiger partial charge is 0.255 e. The molecule has 0 N–H and O–H groups in total. The molecule has 0 atom stereocenters. The third-order valence-electron chi connectivity index (χ3n) is 3.63. The highest BCUT2D eigenvalue weighted by Gasteiger charge is 2.09. The second kappa shape index (κ2) is 4.51. The monoisotopic (exact) mass is 247 g/mol. The summed E-state index contributed by atoms with van der Waals surface area (Å²) in [5.74, 6) is 0. The summed E-state index contributed by atoms with van der Waals surface area (Å²) >= 11 is 0. The number of rotatable bonds is 1. The predicted octanol–water partition coefficient (Wildman–Crippen LogP) is 4.83. The van der Waals surface area contributed by atoms with E-state index in [0.29, 0.717) is 0 Å². The molecule has 0 aliphatic heterocycles. The van der Waals surface area contributed by atoms with Crippen molar-refractivity contribution in [2.24, 2.45) is 0 Å². The fourth-order valence-corrected chi connectivity index (χ4v) is 2.63. The fraction of sp³-hybridized carbons (Fsp3) is 0.167. The van der Waals surface area contributed by atoms with Crippen LogP contribution in [-0.2, 0) is 0 Å². The normalized spacial score (nSPS) is 10.9. The molecule has 0 saturated carbocycles. The quantitative estimate of drug-likeness (QED) is 0.600. The van der Waals surface area contributed by atoms with Crippen molar-refractivity contribution >= 4 is 10.8 Å².